The first-order valence-electron chi connectivity index (χ1n) is 7.59. The number of nitrogens with zero attached hydrogens (tertiary/aromatic N) is 4. The van der Waals surface area contributed by atoms with E-state index in [1.54, 1.807) is 22.7 Å². The Balaban J connectivity index is 0.000000260. The van der Waals surface area contributed by atoms with Crippen LogP contribution in [0.3, 0.4) is 0 Å². The summed E-state index contributed by atoms with van der Waals surface area (Å²) in [6.07, 6.45) is 1.11. The average Bonchev–Trinajstić information content (AvgIpc) is 3.00. The summed E-state index contributed by atoms with van der Waals surface area (Å²) in [5, 5.41) is 20.1. The first-order valence-corrected chi connectivity index (χ1v) is 9.22. The third-order valence-electron chi connectivity index (χ3n) is 3.05. The molecule has 144 valence electrons. The molecule has 0 spiro atoms. The van der Waals surface area contributed by atoms with Crippen molar-refractivity contribution in [3.05, 3.63) is 51.4 Å². The van der Waals surface area contributed by atoms with E-state index in [9.17, 15) is 20.2 Å². The molecule has 0 saturated carbocycles. The Morgan fingerprint density at radius 1 is 0.808 bits per heavy atom. The molecule has 0 bridgehead atoms. The highest BCUT2D eigenvalue weighted by atomic mass is 32.1. The van der Waals surface area contributed by atoms with Crippen LogP contribution in [0.1, 0.15) is 31.2 Å². The maximum absolute atomic E-state index is 9.85. The standard InChI is InChI=1S/2C7H10N2O3S/c2*1-5-7(13-6(2)8-5)3-4-12-9(10)11/h2*3-4H2,1-2H3. The van der Waals surface area contributed by atoms with Crippen molar-refractivity contribution >= 4 is 22.7 Å². The van der Waals surface area contributed by atoms with Crippen LogP contribution >= 0.6 is 22.7 Å². The van der Waals surface area contributed by atoms with Crippen LogP contribution in [0, 0.1) is 47.9 Å². The molecular formula is C14H20N4O6S2. The molecule has 0 amide bonds. The lowest BCUT2D eigenvalue weighted by Gasteiger charge is -1.96. The van der Waals surface area contributed by atoms with Gasteiger partial charge in [-0.3, -0.25) is 0 Å². The van der Waals surface area contributed by atoms with Gasteiger partial charge in [-0.25, -0.2) is 9.97 Å². The van der Waals surface area contributed by atoms with E-state index in [0.717, 1.165) is 31.2 Å². The Morgan fingerprint density at radius 3 is 1.38 bits per heavy atom. The second-order valence-electron chi connectivity index (χ2n) is 5.10. The van der Waals surface area contributed by atoms with Crippen molar-refractivity contribution in [2.45, 2.75) is 40.5 Å². The van der Waals surface area contributed by atoms with Crippen LogP contribution in [-0.4, -0.2) is 33.4 Å². The monoisotopic (exact) mass is 404 g/mol. The highest BCUT2D eigenvalue weighted by Gasteiger charge is 2.06. The van der Waals surface area contributed by atoms with Crippen molar-refractivity contribution in [1.29, 1.82) is 0 Å². The molecule has 2 heterocycles. The zero-order valence-electron chi connectivity index (χ0n) is 14.9. The molecular weight excluding hydrogens is 384 g/mol. The van der Waals surface area contributed by atoms with Crippen LogP contribution < -0.4 is 0 Å². The van der Waals surface area contributed by atoms with Gasteiger partial charge in [-0.2, -0.15) is 0 Å². The Morgan fingerprint density at radius 2 is 1.15 bits per heavy atom. The SMILES string of the molecule is Cc1nc(C)c(CCO[N+](=O)[O-])s1.Cc1nc(C)c(CCO[N+](=O)[O-])s1. The molecule has 0 atom stereocenters. The minimum Gasteiger partial charge on any atom is -0.314 e. The molecule has 2 aromatic heterocycles. The minimum absolute atomic E-state index is 0.107. The van der Waals surface area contributed by atoms with Gasteiger partial charge in [0, 0.05) is 22.6 Å². The average molecular weight is 404 g/mol. The largest absolute Gasteiger partial charge is 0.314 e. The van der Waals surface area contributed by atoms with Crippen LogP contribution in [0.15, 0.2) is 0 Å². The fraction of sp³-hybridized carbons (Fsp3) is 0.571. The molecule has 2 aromatic rings. The summed E-state index contributed by atoms with van der Waals surface area (Å²) in [4.78, 5) is 38.6. The van der Waals surface area contributed by atoms with Crippen LogP contribution in [0.25, 0.3) is 0 Å². The number of thiazole rings is 2. The maximum atomic E-state index is 9.85. The molecule has 0 aliphatic heterocycles. The van der Waals surface area contributed by atoms with Gasteiger partial charge in [0.15, 0.2) is 0 Å². The second-order valence-corrected chi connectivity index (χ2v) is 7.67. The van der Waals surface area contributed by atoms with Crippen molar-refractivity contribution in [3.8, 4) is 0 Å². The van der Waals surface area contributed by atoms with Crippen LogP contribution in [0.4, 0.5) is 0 Å². The topological polar surface area (TPSA) is 131 Å². The summed E-state index contributed by atoms with van der Waals surface area (Å²) in [5.74, 6) is 0. The van der Waals surface area contributed by atoms with Crippen LogP contribution in [0.2, 0.25) is 0 Å². The van der Waals surface area contributed by atoms with E-state index < -0.39 is 10.2 Å². The Bertz CT molecular complexity index is 684. The van der Waals surface area contributed by atoms with Gasteiger partial charge in [-0.1, -0.05) is 0 Å². The lowest BCUT2D eigenvalue weighted by atomic mass is 10.3. The third-order valence-corrected chi connectivity index (χ3v) is 5.32. The molecule has 0 radical (unpaired) electrons. The smallest absolute Gasteiger partial charge is 0.294 e. The highest BCUT2D eigenvalue weighted by Crippen LogP contribution is 2.18. The lowest BCUT2D eigenvalue weighted by molar-refractivity contribution is -0.757. The number of hydrogen-bond donors (Lipinski definition) is 0. The zero-order chi connectivity index (χ0) is 19.7. The van der Waals surface area contributed by atoms with Gasteiger partial charge in [0.1, 0.15) is 13.2 Å². The first-order chi connectivity index (χ1) is 12.2. The van der Waals surface area contributed by atoms with Gasteiger partial charge in [0.2, 0.25) is 0 Å². The van der Waals surface area contributed by atoms with Gasteiger partial charge in [-0.15, -0.1) is 42.9 Å². The van der Waals surface area contributed by atoms with E-state index in [1.807, 2.05) is 27.7 Å². The summed E-state index contributed by atoms with van der Waals surface area (Å²) in [6, 6.07) is 0. The van der Waals surface area contributed by atoms with Gasteiger partial charge >= 0.3 is 0 Å². The van der Waals surface area contributed by atoms with Crippen molar-refractivity contribution in [3.63, 3.8) is 0 Å². The molecule has 0 N–H and O–H groups in total. The van der Waals surface area contributed by atoms with E-state index in [0.29, 0.717) is 12.8 Å². The van der Waals surface area contributed by atoms with Gasteiger partial charge in [-0.05, 0) is 27.7 Å². The van der Waals surface area contributed by atoms with Gasteiger partial charge in [0.05, 0.1) is 21.4 Å². The van der Waals surface area contributed by atoms with Crippen LogP contribution in [-0.2, 0) is 22.5 Å². The van der Waals surface area contributed by atoms with Crippen molar-refractivity contribution in [2.75, 3.05) is 13.2 Å². The predicted octanol–water partition coefficient (Wildman–Crippen LogP) is 3.02. The number of rotatable bonds is 8. The molecule has 0 aromatic carbocycles. The number of aromatic nitrogens is 2. The molecule has 12 heteroatoms. The summed E-state index contributed by atoms with van der Waals surface area (Å²) in [7, 11) is 0. The Kier molecular flexibility index (Phi) is 8.85. The van der Waals surface area contributed by atoms with E-state index in [1.165, 1.54) is 0 Å². The summed E-state index contributed by atoms with van der Waals surface area (Å²) >= 11 is 3.10. The van der Waals surface area contributed by atoms with Crippen LogP contribution in [0.5, 0.6) is 0 Å². The molecule has 26 heavy (non-hydrogen) atoms. The quantitative estimate of drug-likeness (QED) is 0.484. The fourth-order valence-corrected chi connectivity index (χ4v) is 3.87. The lowest BCUT2D eigenvalue weighted by Crippen LogP contribution is -2.04. The van der Waals surface area contributed by atoms with Crippen molar-refractivity contribution in [1.82, 2.24) is 9.97 Å². The molecule has 0 aliphatic rings. The number of aryl methyl sites for hydroxylation is 4. The molecule has 0 saturated heterocycles. The fourth-order valence-electron chi connectivity index (χ4n) is 2.04. The van der Waals surface area contributed by atoms with E-state index >= 15 is 0 Å². The van der Waals surface area contributed by atoms with Gasteiger partial charge in [0.25, 0.3) is 10.2 Å². The Labute approximate surface area is 158 Å². The molecule has 0 unspecified atom stereocenters. The predicted molar refractivity (Wildman–Crippen MR) is 96.5 cm³/mol. The minimum atomic E-state index is -0.775. The molecule has 2 rings (SSSR count). The maximum Gasteiger partial charge on any atom is 0.294 e. The van der Waals surface area contributed by atoms with Gasteiger partial charge < -0.3 is 9.68 Å². The van der Waals surface area contributed by atoms with E-state index in [4.69, 9.17) is 0 Å². The van der Waals surface area contributed by atoms with Crippen molar-refractivity contribution in [2.24, 2.45) is 0 Å². The molecule has 0 aliphatic carbocycles. The summed E-state index contributed by atoms with van der Waals surface area (Å²) in [5.41, 5.74) is 1.88. The third kappa shape index (κ3) is 8.16. The Hall–Kier alpha value is -2.34. The second kappa shape index (κ2) is 10.6. The summed E-state index contributed by atoms with van der Waals surface area (Å²) in [6.45, 7) is 7.83. The summed E-state index contributed by atoms with van der Waals surface area (Å²) < 4.78 is 0. The number of hydrogen-bond acceptors (Lipinski definition) is 10. The molecule has 0 fully saturated rings. The van der Waals surface area contributed by atoms with Crippen molar-refractivity contribution < 1.29 is 19.8 Å². The molecule has 10 nitrogen and oxygen atoms in total. The zero-order valence-corrected chi connectivity index (χ0v) is 16.5. The van der Waals surface area contributed by atoms with E-state index in [-0.39, 0.29) is 13.2 Å². The highest BCUT2D eigenvalue weighted by molar-refractivity contribution is 7.11. The normalized spacial score (nSPS) is 10.0. The first kappa shape index (κ1) is 21.7. The van der Waals surface area contributed by atoms with E-state index in [2.05, 4.69) is 19.6 Å².